The summed E-state index contributed by atoms with van der Waals surface area (Å²) in [6.45, 7) is -1.23. The number of aliphatic hydroxyl groups excluding tert-OH is 2. The van der Waals surface area contributed by atoms with Gasteiger partial charge in [-0.1, -0.05) is 0 Å². The molecule has 146 valence electrons. The van der Waals surface area contributed by atoms with Crippen LogP contribution in [0.5, 0.6) is 0 Å². The number of carbonyl (C=O) groups is 1. The monoisotopic (exact) mass is 388 g/mol. The average molecular weight is 388 g/mol. The minimum absolute atomic E-state index is 0.199. The molecule has 0 aliphatic carbocycles. The van der Waals surface area contributed by atoms with E-state index in [9.17, 15) is 38.3 Å². The molecular formula is C15H15F3N4O5. The van der Waals surface area contributed by atoms with Crippen molar-refractivity contribution in [2.45, 2.75) is 24.9 Å². The van der Waals surface area contributed by atoms with Crippen LogP contribution >= 0.6 is 0 Å². The van der Waals surface area contributed by atoms with Crippen LogP contribution in [0.3, 0.4) is 0 Å². The normalized spacial score (nSPS) is 13.8. The van der Waals surface area contributed by atoms with Crippen molar-refractivity contribution in [1.29, 1.82) is 0 Å². The van der Waals surface area contributed by atoms with Gasteiger partial charge in [-0.05, 0) is 23.8 Å². The largest absolute Gasteiger partial charge is 0.435 e. The maximum absolute atomic E-state index is 12.5. The molecule has 3 N–H and O–H groups in total. The van der Waals surface area contributed by atoms with Gasteiger partial charge in [-0.15, -0.1) is 0 Å². The van der Waals surface area contributed by atoms with Crippen LogP contribution in [-0.4, -0.2) is 43.5 Å². The van der Waals surface area contributed by atoms with Gasteiger partial charge in [0, 0.05) is 18.3 Å². The fourth-order valence-corrected chi connectivity index (χ4v) is 2.25. The van der Waals surface area contributed by atoms with Crippen molar-refractivity contribution in [3.63, 3.8) is 0 Å². The molecule has 0 saturated heterocycles. The topological polar surface area (TPSA) is 131 Å². The molecule has 0 saturated carbocycles. The van der Waals surface area contributed by atoms with E-state index >= 15 is 0 Å². The van der Waals surface area contributed by atoms with Crippen LogP contribution < -0.4 is 5.32 Å². The Balaban J connectivity index is 2.01. The zero-order valence-electron chi connectivity index (χ0n) is 13.6. The van der Waals surface area contributed by atoms with Crippen LogP contribution in [0.25, 0.3) is 0 Å². The lowest BCUT2D eigenvalue weighted by atomic mass is 10.0. The highest BCUT2D eigenvalue weighted by Crippen LogP contribution is 2.27. The lowest BCUT2D eigenvalue weighted by Crippen LogP contribution is -2.43. The Bertz CT molecular complexity index is 807. The van der Waals surface area contributed by atoms with Gasteiger partial charge in [0.1, 0.15) is 12.6 Å². The van der Waals surface area contributed by atoms with Gasteiger partial charge in [-0.2, -0.15) is 18.3 Å². The van der Waals surface area contributed by atoms with Crippen molar-refractivity contribution in [1.82, 2.24) is 15.1 Å². The second kappa shape index (κ2) is 8.14. The summed E-state index contributed by atoms with van der Waals surface area (Å²) in [6, 6.07) is 4.37. The van der Waals surface area contributed by atoms with E-state index in [1.165, 1.54) is 12.1 Å². The standard InChI is InChI=1S/C15H15F3N4O5/c16-15(17,18)12-5-6-21(20-12)7-13(24)19-11(8-23)14(25)9-1-3-10(4-2-9)22(26)27/h1-6,11,14,23,25H,7-8H2,(H,19,24). The molecule has 1 aromatic heterocycles. The molecular weight excluding hydrogens is 373 g/mol. The Morgan fingerprint density at radius 2 is 1.93 bits per heavy atom. The first kappa shape index (κ1) is 20.3. The zero-order valence-corrected chi connectivity index (χ0v) is 13.6. The summed E-state index contributed by atoms with van der Waals surface area (Å²) in [5, 5.41) is 35.7. The molecule has 2 unspecified atom stereocenters. The average Bonchev–Trinajstić information content (AvgIpc) is 3.08. The van der Waals surface area contributed by atoms with E-state index in [0.717, 1.165) is 23.0 Å². The van der Waals surface area contributed by atoms with Crippen molar-refractivity contribution in [2.24, 2.45) is 0 Å². The molecule has 1 aromatic carbocycles. The molecule has 1 amide bonds. The third kappa shape index (κ3) is 5.24. The Morgan fingerprint density at radius 1 is 1.30 bits per heavy atom. The van der Waals surface area contributed by atoms with Crippen molar-refractivity contribution in [3.05, 3.63) is 57.9 Å². The summed E-state index contributed by atoms with van der Waals surface area (Å²) in [4.78, 5) is 22.0. The number of aromatic nitrogens is 2. The van der Waals surface area contributed by atoms with Gasteiger partial charge in [0.15, 0.2) is 5.69 Å². The molecule has 0 aliphatic heterocycles. The maximum atomic E-state index is 12.5. The molecule has 9 nitrogen and oxygen atoms in total. The van der Waals surface area contributed by atoms with Gasteiger partial charge in [0.25, 0.3) is 5.69 Å². The number of non-ortho nitro benzene ring substituents is 1. The van der Waals surface area contributed by atoms with E-state index in [0.29, 0.717) is 6.07 Å². The van der Waals surface area contributed by atoms with Gasteiger partial charge < -0.3 is 15.5 Å². The van der Waals surface area contributed by atoms with Crippen LogP contribution in [0.1, 0.15) is 17.4 Å². The van der Waals surface area contributed by atoms with Crippen molar-refractivity contribution >= 4 is 11.6 Å². The van der Waals surface area contributed by atoms with E-state index < -0.39 is 48.0 Å². The maximum Gasteiger partial charge on any atom is 0.435 e. The molecule has 2 rings (SSSR count). The SMILES string of the molecule is O=C(Cn1ccc(C(F)(F)F)n1)NC(CO)C(O)c1ccc([N+](=O)[O-])cc1. The van der Waals surface area contributed by atoms with Gasteiger partial charge >= 0.3 is 6.18 Å². The second-order valence-corrected chi connectivity index (χ2v) is 5.55. The molecule has 2 atom stereocenters. The van der Waals surface area contributed by atoms with Crippen LogP contribution in [0, 0.1) is 10.1 Å². The van der Waals surface area contributed by atoms with Gasteiger partial charge in [-0.3, -0.25) is 19.6 Å². The molecule has 27 heavy (non-hydrogen) atoms. The summed E-state index contributed by atoms with van der Waals surface area (Å²) < 4.78 is 38.2. The van der Waals surface area contributed by atoms with Gasteiger partial charge in [-0.25, -0.2) is 0 Å². The smallest absolute Gasteiger partial charge is 0.394 e. The molecule has 0 bridgehead atoms. The summed E-state index contributed by atoms with van der Waals surface area (Å²) in [7, 11) is 0. The highest BCUT2D eigenvalue weighted by molar-refractivity contribution is 5.76. The summed E-state index contributed by atoms with van der Waals surface area (Å²) in [5.74, 6) is -0.785. The van der Waals surface area contributed by atoms with Gasteiger partial charge in [0.05, 0.1) is 17.6 Å². The van der Waals surface area contributed by atoms with Crippen LogP contribution in [0.2, 0.25) is 0 Å². The number of alkyl halides is 3. The molecule has 0 radical (unpaired) electrons. The Kier molecular flexibility index (Phi) is 6.13. The minimum Gasteiger partial charge on any atom is -0.394 e. The van der Waals surface area contributed by atoms with E-state index in [4.69, 9.17) is 0 Å². The third-order valence-electron chi connectivity index (χ3n) is 3.61. The number of hydrogen-bond donors (Lipinski definition) is 3. The number of halogens is 3. The van der Waals surface area contributed by atoms with Crippen LogP contribution in [0.15, 0.2) is 36.5 Å². The first-order chi connectivity index (χ1) is 12.6. The first-order valence-corrected chi connectivity index (χ1v) is 7.55. The molecule has 12 heteroatoms. The van der Waals surface area contributed by atoms with E-state index in [1.807, 2.05) is 0 Å². The summed E-state index contributed by atoms with van der Waals surface area (Å²) in [6.07, 6.45) is -5.05. The van der Waals surface area contributed by atoms with Crippen molar-refractivity contribution < 1.29 is 33.1 Å². The molecule has 0 fully saturated rings. The molecule has 0 aliphatic rings. The van der Waals surface area contributed by atoms with E-state index in [1.54, 1.807) is 0 Å². The Labute approximate surface area is 150 Å². The number of hydrogen-bond acceptors (Lipinski definition) is 6. The van der Waals surface area contributed by atoms with Crippen molar-refractivity contribution in [3.8, 4) is 0 Å². The Hall–Kier alpha value is -2.99. The predicted molar refractivity (Wildman–Crippen MR) is 84.3 cm³/mol. The van der Waals surface area contributed by atoms with Crippen molar-refractivity contribution in [2.75, 3.05) is 6.61 Å². The molecule has 0 spiro atoms. The van der Waals surface area contributed by atoms with E-state index in [-0.39, 0.29) is 11.3 Å². The summed E-state index contributed by atoms with van der Waals surface area (Å²) in [5.41, 5.74) is -1.15. The number of amides is 1. The zero-order chi connectivity index (χ0) is 20.2. The fraction of sp³-hybridized carbons (Fsp3) is 0.333. The number of benzene rings is 1. The van der Waals surface area contributed by atoms with Crippen LogP contribution in [-0.2, 0) is 17.5 Å². The minimum atomic E-state index is -4.64. The number of nitrogens with zero attached hydrogens (tertiary/aromatic N) is 3. The lowest BCUT2D eigenvalue weighted by molar-refractivity contribution is -0.384. The second-order valence-electron chi connectivity index (χ2n) is 5.55. The quantitative estimate of drug-likeness (QED) is 0.480. The molecule has 2 aromatic rings. The van der Waals surface area contributed by atoms with E-state index in [2.05, 4.69) is 10.4 Å². The fourth-order valence-electron chi connectivity index (χ4n) is 2.25. The number of nitro groups is 1. The number of aliphatic hydroxyl groups is 2. The number of nitrogens with one attached hydrogen (secondary N) is 1. The Morgan fingerprint density at radius 3 is 2.41 bits per heavy atom. The van der Waals surface area contributed by atoms with Crippen LogP contribution in [0.4, 0.5) is 18.9 Å². The number of carbonyl (C=O) groups excluding carboxylic acids is 1. The third-order valence-corrected chi connectivity index (χ3v) is 3.61. The number of nitro benzene ring substituents is 1. The first-order valence-electron chi connectivity index (χ1n) is 7.55. The lowest BCUT2D eigenvalue weighted by Gasteiger charge is -2.22. The van der Waals surface area contributed by atoms with Gasteiger partial charge in [0.2, 0.25) is 5.91 Å². The number of rotatable bonds is 7. The highest BCUT2D eigenvalue weighted by atomic mass is 19.4. The molecule has 1 heterocycles. The predicted octanol–water partition coefficient (Wildman–Crippen LogP) is 1.02. The summed E-state index contributed by atoms with van der Waals surface area (Å²) >= 11 is 0. The highest BCUT2D eigenvalue weighted by Gasteiger charge is 2.33.